The van der Waals surface area contributed by atoms with Gasteiger partial charge in [0.2, 0.25) is 0 Å². The maximum Gasteiger partial charge on any atom is 0.118 e. The summed E-state index contributed by atoms with van der Waals surface area (Å²) in [6.45, 7) is 1.55. The van der Waals surface area contributed by atoms with Gasteiger partial charge < -0.3 is 20.3 Å². The fourth-order valence-electron chi connectivity index (χ4n) is 4.90. The van der Waals surface area contributed by atoms with E-state index in [1.54, 1.807) is 7.11 Å². The van der Waals surface area contributed by atoms with Gasteiger partial charge in [0.25, 0.3) is 0 Å². The molecule has 0 aromatic heterocycles. The first kappa shape index (κ1) is 20.4. The number of aliphatic hydroxyl groups is 1. The summed E-state index contributed by atoms with van der Waals surface area (Å²) in [5, 5.41) is 9.54. The van der Waals surface area contributed by atoms with Crippen LogP contribution in [0.4, 0.5) is 0 Å². The Balaban J connectivity index is 1.30. The average molecular weight is 396 g/mol. The van der Waals surface area contributed by atoms with Gasteiger partial charge in [-0.2, -0.15) is 0 Å². The maximum atomic E-state index is 9.54. The molecule has 0 spiro atoms. The number of aliphatic hydroxyl groups excluding tert-OH is 1. The molecule has 29 heavy (non-hydrogen) atoms. The van der Waals surface area contributed by atoms with Crippen molar-refractivity contribution in [3.05, 3.63) is 64.7 Å². The van der Waals surface area contributed by atoms with Crippen LogP contribution in [0, 0.1) is 5.92 Å². The average Bonchev–Trinajstić information content (AvgIpc) is 3.16. The van der Waals surface area contributed by atoms with Crippen molar-refractivity contribution < 1.29 is 14.6 Å². The first-order valence-corrected chi connectivity index (χ1v) is 10.8. The zero-order valence-electron chi connectivity index (χ0n) is 17.4. The van der Waals surface area contributed by atoms with E-state index >= 15 is 0 Å². The summed E-state index contributed by atoms with van der Waals surface area (Å²) in [6.07, 6.45) is 6.29. The molecule has 2 aromatic rings. The van der Waals surface area contributed by atoms with Crippen LogP contribution in [0.15, 0.2) is 42.5 Å². The van der Waals surface area contributed by atoms with Crippen molar-refractivity contribution in [1.29, 1.82) is 0 Å². The number of ether oxygens (including phenoxy) is 2. The highest BCUT2D eigenvalue weighted by atomic mass is 16.5. The Bertz CT molecular complexity index is 819. The molecule has 1 saturated carbocycles. The fraction of sp³-hybridized carbons (Fsp3) is 0.520. The van der Waals surface area contributed by atoms with Gasteiger partial charge in [-0.1, -0.05) is 30.3 Å². The maximum absolute atomic E-state index is 9.54. The van der Waals surface area contributed by atoms with Gasteiger partial charge in [0.15, 0.2) is 0 Å². The molecule has 0 saturated heterocycles. The van der Waals surface area contributed by atoms with Gasteiger partial charge in [-0.3, -0.25) is 0 Å². The fourth-order valence-corrected chi connectivity index (χ4v) is 4.90. The second-order valence-electron chi connectivity index (χ2n) is 8.96. The van der Waals surface area contributed by atoms with Gasteiger partial charge in [-0.15, -0.1) is 0 Å². The Morgan fingerprint density at radius 3 is 2.66 bits per heavy atom. The molecule has 0 amide bonds. The minimum atomic E-state index is -0.382. The highest BCUT2D eigenvalue weighted by Gasteiger charge is 2.36. The molecular formula is C25H33NO3. The molecule has 0 heterocycles. The molecule has 3 atom stereocenters. The minimum Gasteiger partial charge on any atom is -0.497 e. The van der Waals surface area contributed by atoms with E-state index in [0.29, 0.717) is 18.4 Å². The zero-order valence-corrected chi connectivity index (χ0v) is 17.4. The molecule has 2 aromatic carbocycles. The molecule has 2 aliphatic rings. The third kappa shape index (κ3) is 4.82. The molecule has 1 fully saturated rings. The zero-order chi connectivity index (χ0) is 20.3. The predicted octanol–water partition coefficient (Wildman–Crippen LogP) is 3.97. The number of aryl methyl sites for hydroxylation is 1. The standard InChI is InChI=1S/C25H33NO3/c1-28-24-8-3-18(4-9-24)15-29-16-19-2-5-21-13-22(7-6-20(21)12-19)23-10-11-25(26,14-23)17-27/h3-4,6-9,13,19,23,27H,2,5,10-12,14-17,26H2,1H3/t19?,23-,25+/m0/s1. The minimum absolute atomic E-state index is 0.0899. The number of hydrogen-bond acceptors (Lipinski definition) is 4. The molecule has 4 rings (SSSR count). The lowest BCUT2D eigenvalue weighted by Gasteiger charge is -2.26. The van der Waals surface area contributed by atoms with Gasteiger partial charge in [-0.05, 0) is 84.7 Å². The van der Waals surface area contributed by atoms with Gasteiger partial charge in [0.1, 0.15) is 5.75 Å². The van der Waals surface area contributed by atoms with Gasteiger partial charge in [0, 0.05) is 5.54 Å². The van der Waals surface area contributed by atoms with Crippen LogP contribution in [0.1, 0.15) is 53.9 Å². The molecular weight excluding hydrogens is 362 g/mol. The quantitative estimate of drug-likeness (QED) is 0.744. The lowest BCUT2D eigenvalue weighted by molar-refractivity contribution is 0.0823. The summed E-state index contributed by atoms with van der Waals surface area (Å²) in [6, 6.07) is 15.1. The van der Waals surface area contributed by atoms with Crippen LogP contribution < -0.4 is 10.5 Å². The Hall–Kier alpha value is -1.88. The highest BCUT2D eigenvalue weighted by Crippen LogP contribution is 2.40. The molecule has 0 radical (unpaired) electrons. The Labute approximate surface area is 174 Å². The van der Waals surface area contributed by atoms with Crippen molar-refractivity contribution in [2.45, 2.75) is 56.6 Å². The summed E-state index contributed by atoms with van der Waals surface area (Å²) in [7, 11) is 1.68. The van der Waals surface area contributed by atoms with Crippen molar-refractivity contribution in [2.75, 3.05) is 20.3 Å². The predicted molar refractivity (Wildman–Crippen MR) is 115 cm³/mol. The van der Waals surface area contributed by atoms with Crippen LogP contribution in [0.5, 0.6) is 5.75 Å². The van der Waals surface area contributed by atoms with Gasteiger partial charge in [0.05, 0.1) is 26.9 Å². The largest absolute Gasteiger partial charge is 0.497 e. The van der Waals surface area contributed by atoms with Crippen LogP contribution in [-0.2, 0) is 24.2 Å². The summed E-state index contributed by atoms with van der Waals surface area (Å²) >= 11 is 0. The van der Waals surface area contributed by atoms with Crippen molar-refractivity contribution in [2.24, 2.45) is 11.7 Å². The number of methoxy groups -OCH3 is 1. The van der Waals surface area contributed by atoms with Crippen molar-refractivity contribution in [3.8, 4) is 5.75 Å². The topological polar surface area (TPSA) is 64.7 Å². The second kappa shape index (κ2) is 8.86. The van der Waals surface area contributed by atoms with Crippen LogP contribution in [0.25, 0.3) is 0 Å². The highest BCUT2D eigenvalue weighted by molar-refractivity contribution is 5.36. The Morgan fingerprint density at radius 1 is 1.10 bits per heavy atom. The van der Waals surface area contributed by atoms with E-state index in [4.69, 9.17) is 15.2 Å². The summed E-state index contributed by atoms with van der Waals surface area (Å²) < 4.78 is 11.2. The lowest BCUT2D eigenvalue weighted by atomic mass is 9.82. The monoisotopic (exact) mass is 395 g/mol. The molecule has 0 aliphatic heterocycles. The van der Waals surface area contributed by atoms with E-state index in [2.05, 4.69) is 30.3 Å². The molecule has 4 heteroatoms. The van der Waals surface area contributed by atoms with Crippen LogP contribution in [0.2, 0.25) is 0 Å². The summed E-state index contributed by atoms with van der Waals surface area (Å²) in [5.74, 6) is 1.95. The Morgan fingerprint density at radius 2 is 1.93 bits per heavy atom. The molecule has 0 bridgehead atoms. The van der Waals surface area contributed by atoms with Crippen LogP contribution >= 0.6 is 0 Å². The molecule has 156 valence electrons. The molecule has 2 aliphatic carbocycles. The molecule has 3 N–H and O–H groups in total. The van der Waals surface area contributed by atoms with Crippen molar-refractivity contribution in [3.63, 3.8) is 0 Å². The van der Waals surface area contributed by atoms with Crippen molar-refractivity contribution >= 4 is 0 Å². The number of fused-ring (bicyclic) bond motifs is 1. The van der Waals surface area contributed by atoms with Crippen LogP contribution in [0.3, 0.4) is 0 Å². The van der Waals surface area contributed by atoms with E-state index in [-0.39, 0.29) is 12.1 Å². The third-order valence-corrected chi connectivity index (χ3v) is 6.77. The van der Waals surface area contributed by atoms with E-state index < -0.39 is 0 Å². The Kier molecular flexibility index (Phi) is 6.23. The van der Waals surface area contributed by atoms with Gasteiger partial charge in [-0.25, -0.2) is 0 Å². The number of nitrogens with two attached hydrogens (primary N) is 1. The normalized spacial score (nSPS) is 26.3. The van der Waals surface area contributed by atoms with E-state index in [1.807, 2.05) is 12.1 Å². The molecule has 4 nitrogen and oxygen atoms in total. The smallest absolute Gasteiger partial charge is 0.118 e. The van der Waals surface area contributed by atoms with Crippen molar-refractivity contribution in [1.82, 2.24) is 0 Å². The van der Waals surface area contributed by atoms with Crippen LogP contribution in [-0.4, -0.2) is 31.0 Å². The van der Waals surface area contributed by atoms with Gasteiger partial charge >= 0.3 is 0 Å². The van der Waals surface area contributed by atoms with E-state index in [1.165, 1.54) is 28.7 Å². The first-order chi connectivity index (χ1) is 14.1. The number of rotatable bonds is 7. The SMILES string of the molecule is COc1ccc(COCC2CCc3cc([C@H]4CC[C@](N)(CO)C4)ccc3C2)cc1. The number of hydrogen-bond donors (Lipinski definition) is 2. The van der Waals surface area contributed by atoms with E-state index in [9.17, 15) is 5.11 Å². The van der Waals surface area contributed by atoms with E-state index in [0.717, 1.165) is 44.5 Å². The third-order valence-electron chi connectivity index (χ3n) is 6.77. The summed E-state index contributed by atoms with van der Waals surface area (Å²) in [5.41, 5.74) is 11.4. The second-order valence-corrected chi connectivity index (χ2v) is 8.96. The number of benzene rings is 2. The first-order valence-electron chi connectivity index (χ1n) is 10.8. The lowest BCUT2D eigenvalue weighted by Crippen LogP contribution is -2.40. The molecule has 1 unspecified atom stereocenters. The summed E-state index contributed by atoms with van der Waals surface area (Å²) in [4.78, 5) is 0.